The fraction of sp³-hybridized carbons (Fsp3) is 0.333. The summed E-state index contributed by atoms with van der Waals surface area (Å²) in [6.45, 7) is 2.03. The lowest BCUT2D eigenvalue weighted by molar-refractivity contribution is -0.138. The van der Waals surface area contributed by atoms with Crippen molar-refractivity contribution < 1.29 is 14.6 Å². The molecule has 9 heteroatoms. The van der Waals surface area contributed by atoms with Gasteiger partial charge in [-0.15, -0.1) is 0 Å². The van der Waals surface area contributed by atoms with E-state index in [4.69, 9.17) is 9.47 Å². The molecule has 0 amide bonds. The lowest BCUT2D eigenvalue weighted by Gasteiger charge is -2.24. The molecule has 0 aromatic carbocycles. The lowest BCUT2D eigenvalue weighted by Crippen LogP contribution is -2.27. The topological polar surface area (TPSA) is 115 Å². The first kappa shape index (κ1) is 18.7. The van der Waals surface area contributed by atoms with Crippen LogP contribution in [-0.4, -0.2) is 42.8 Å². The number of nitrogens with zero attached hydrogens (tertiary/aromatic N) is 4. The summed E-state index contributed by atoms with van der Waals surface area (Å²) in [7, 11) is 0. The highest BCUT2D eigenvalue weighted by Gasteiger charge is 2.30. The summed E-state index contributed by atoms with van der Waals surface area (Å²) in [4.78, 5) is 28.6. The number of ether oxygens (including phenoxy) is 2. The maximum atomic E-state index is 12.4. The second kappa shape index (κ2) is 7.51. The van der Waals surface area contributed by atoms with E-state index in [9.17, 15) is 9.90 Å². The van der Waals surface area contributed by atoms with Gasteiger partial charge in [-0.1, -0.05) is 6.08 Å². The number of aliphatic hydroxyl groups is 1. The number of hydrogen-bond acceptors (Lipinski definition) is 7. The van der Waals surface area contributed by atoms with E-state index in [1.54, 1.807) is 41.2 Å². The molecule has 2 N–H and O–H groups in total. The molecule has 9 nitrogen and oxygen atoms in total. The SMILES string of the molecule is O=c1[nH]c2ncc(-c3ccc(C4(O)C=CC=CO4)nc3)nc2n1CC1CCOCC1. The average molecular weight is 407 g/mol. The summed E-state index contributed by atoms with van der Waals surface area (Å²) < 4.78 is 12.4. The van der Waals surface area contributed by atoms with Crippen molar-refractivity contribution in [1.29, 1.82) is 0 Å². The minimum Gasteiger partial charge on any atom is -0.461 e. The molecule has 30 heavy (non-hydrogen) atoms. The Bertz CT molecular complexity index is 1170. The smallest absolute Gasteiger partial charge is 0.328 e. The number of rotatable bonds is 4. The predicted octanol–water partition coefficient (Wildman–Crippen LogP) is 1.85. The van der Waals surface area contributed by atoms with Gasteiger partial charge in [0, 0.05) is 31.5 Å². The third-order valence-corrected chi connectivity index (χ3v) is 5.45. The molecule has 1 saturated heterocycles. The number of nitrogens with one attached hydrogen (secondary N) is 1. The maximum absolute atomic E-state index is 12.4. The Hall–Kier alpha value is -3.30. The molecule has 154 valence electrons. The van der Waals surface area contributed by atoms with Crippen LogP contribution < -0.4 is 5.69 Å². The van der Waals surface area contributed by atoms with Gasteiger partial charge in [0.25, 0.3) is 5.79 Å². The first-order valence-electron chi connectivity index (χ1n) is 9.87. The fourth-order valence-corrected chi connectivity index (χ4v) is 3.73. The Balaban J connectivity index is 1.46. The van der Waals surface area contributed by atoms with Crippen molar-refractivity contribution in [2.75, 3.05) is 13.2 Å². The van der Waals surface area contributed by atoms with Crippen molar-refractivity contribution in [3.63, 3.8) is 0 Å². The van der Waals surface area contributed by atoms with Crippen LogP contribution in [0.15, 0.2) is 53.8 Å². The summed E-state index contributed by atoms with van der Waals surface area (Å²) in [6, 6.07) is 3.47. The number of fused-ring (bicyclic) bond motifs is 1. The zero-order valence-electron chi connectivity index (χ0n) is 16.2. The van der Waals surface area contributed by atoms with Crippen molar-refractivity contribution >= 4 is 11.3 Å². The van der Waals surface area contributed by atoms with E-state index in [1.165, 1.54) is 12.3 Å². The van der Waals surface area contributed by atoms with Crippen LogP contribution in [0.4, 0.5) is 0 Å². The summed E-state index contributed by atoms with van der Waals surface area (Å²) in [5.74, 6) is -1.21. The van der Waals surface area contributed by atoms with E-state index in [0.717, 1.165) is 31.6 Å². The van der Waals surface area contributed by atoms with Gasteiger partial charge < -0.3 is 14.6 Å². The van der Waals surface area contributed by atoms with Crippen LogP contribution >= 0.6 is 0 Å². The van der Waals surface area contributed by atoms with Crippen molar-refractivity contribution in [2.45, 2.75) is 25.2 Å². The molecule has 0 spiro atoms. The van der Waals surface area contributed by atoms with Crippen LogP contribution in [0.1, 0.15) is 18.5 Å². The van der Waals surface area contributed by atoms with Crippen molar-refractivity contribution in [2.24, 2.45) is 5.92 Å². The van der Waals surface area contributed by atoms with Gasteiger partial charge in [0.1, 0.15) is 5.69 Å². The highest BCUT2D eigenvalue weighted by Crippen LogP contribution is 2.27. The summed E-state index contributed by atoms with van der Waals surface area (Å²) in [5.41, 5.74) is 2.45. The molecule has 0 bridgehead atoms. The Kier molecular flexibility index (Phi) is 4.68. The molecule has 2 aliphatic heterocycles. The maximum Gasteiger partial charge on any atom is 0.328 e. The van der Waals surface area contributed by atoms with Gasteiger partial charge in [-0.25, -0.2) is 14.8 Å². The largest absolute Gasteiger partial charge is 0.461 e. The highest BCUT2D eigenvalue weighted by atomic mass is 16.6. The number of aromatic nitrogens is 5. The first-order valence-corrected chi connectivity index (χ1v) is 9.87. The number of imidazole rings is 1. The number of hydrogen-bond donors (Lipinski definition) is 2. The second-order valence-electron chi connectivity index (χ2n) is 7.46. The molecule has 1 atom stereocenters. The second-order valence-corrected chi connectivity index (χ2v) is 7.46. The van der Waals surface area contributed by atoms with E-state index in [2.05, 4.69) is 19.9 Å². The fourth-order valence-electron chi connectivity index (χ4n) is 3.73. The van der Waals surface area contributed by atoms with E-state index in [-0.39, 0.29) is 5.69 Å². The number of H-pyrrole nitrogens is 1. The quantitative estimate of drug-likeness (QED) is 0.678. The minimum absolute atomic E-state index is 0.210. The normalized spacial score (nSPS) is 21.8. The zero-order chi connectivity index (χ0) is 20.6. The van der Waals surface area contributed by atoms with E-state index >= 15 is 0 Å². The van der Waals surface area contributed by atoms with Crippen molar-refractivity contribution in [3.8, 4) is 11.3 Å². The Labute approximate surface area is 171 Å². The van der Waals surface area contributed by atoms with Gasteiger partial charge in [0.15, 0.2) is 11.3 Å². The van der Waals surface area contributed by atoms with Gasteiger partial charge in [0.05, 0.1) is 18.2 Å². The standard InChI is InChI=1S/C21H21N5O4/c27-20-25-18-19(26(20)13-14-5-9-29-10-6-14)24-16(12-23-18)15-3-4-17(22-11-15)21(28)7-1-2-8-30-21/h1-4,7-8,11-12,14,28H,5-6,9-10,13H2,(H,23,25,27). The van der Waals surface area contributed by atoms with E-state index < -0.39 is 5.79 Å². The molecule has 5 rings (SSSR count). The average Bonchev–Trinajstić information content (AvgIpc) is 3.09. The molecule has 3 aromatic rings. The van der Waals surface area contributed by atoms with Crippen LogP contribution in [0.5, 0.6) is 0 Å². The Morgan fingerprint density at radius 1 is 1.20 bits per heavy atom. The number of aromatic amines is 1. The van der Waals surface area contributed by atoms with Crippen LogP contribution in [0, 0.1) is 5.92 Å². The predicted molar refractivity (Wildman–Crippen MR) is 108 cm³/mol. The van der Waals surface area contributed by atoms with Crippen molar-refractivity contribution in [3.05, 3.63) is 65.2 Å². The third kappa shape index (κ3) is 3.42. The van der Waals surface area contributed by atoms with Crippen LogP contribution in [-0.2, 0) is 21.8 Å². The van der Waals surface area contributed by atoms with Gasteiger partial charge in [-0.05, 0) is 43.0 Å². The van der Waals surface area contributed by atoms with Gasteiger partial charge in [-0.2, -0.15) is 0 Å². The molecule has 3 aromatic heterocycles. The number of pyridine rings is 1. The zero-order valence-corrected chi connectivity index (χ0v) is 16.2. The lowest BCUT2D eigenvalue weighted by atomic mass is 10.0. The van der Waals surface area contributed by atoms with Crippen molar-refractivity contribution in [1.82, 2.24) is 24.5 Å². The van der Waals surface area contributed by atoms with E-state index in [1.807, 2.05) is 0 Å². The highest BCUT2D eigenvalue weighted by molar-refractivity contribution is 5.70. The molecule has 0 radical (unpaired) electrons. The molecular formula is C21H21N5O4. The van der Waals surface area contributed by atoms with Crippen LogP contribution in [0.25, 0.3) is 22.6 Å². The Morgan fingerprint density at radius 3 is 2.80 bits per heavy atom. The van der Waals surface area contributed by atoms with Gasteiger partial charge in [0.2, 0.25) is 0 Å². The molecule has 5 heterocycles. The minimum atomic E-state index is -1.59. The molecule has 1 fully saturated rings. The monoisotopic (exact) mass is 407 g/mol. The first-order chi connectivity index (χ1) is 14.6. The summed E-state index contributed by atoms with van der Waals surface area (Å²) in [5, 5.41) is 10.5. The summed E-state index contributed by atoms with van der Waals surface area (Å²) in [6.07, 6.45) is 11.4. The number of allylic oxidation sites excluding steroid dienone is 2. The van der Waals surface area contributed by atoms with Crippen LogP contribution in [0.2, 0.25) is 0 Å². The molecular weight excluding hydrogens is 386 g/mol. The molecule has 1 unspecified atom stereocenters. The van der Waals surface area contributed by atoms with Gasteiger partial charge in [-0.3, -0.25) is 14.5 Å². The van der Waals surface area contributed by atoms with E-state index in [0.29, 0.717) is 35.1 Å². The molecule has 0 aliphatic carbocycles. The third-order valence-electron chi connectivity index (χ3n) is 5.45. The van der Waals surface area contributed by atoms with Gasteiger partial charge >= 0.3 is 5.69 Å². The summed E-state index contributed by atoms with van der Waals surface area (Å²) >= 11 is 0. The Morgan fingerprint density at radius 2 is 2.07 bits per heavy atom. The molecule has 2 aliphatic rings. The molecule has 0 saturated carbocycles. The van der Waals surface area contributed by atoms with Crippen LogP contribution in [0.3, 0.4) is 0 Å².